The normalized spacial score (nSPS) is 18.4. The molecule has 1 fully saturated rings. The number of likely N-dealkylation sites (tertiary alicyclic amines) is 1. The van der Waals surface area contributed by atoms with Gasteiger partial charge in [0, 0.05) is 38.3 Å². The highest BCUT2D eigenvalue weighted by Crippen LogP contribution is 2.36. The molecule has 1 atom stereocenters. The monoisotopic (exact) mass is 536 g/mol. The van der Waals surface area contributed by atoms with Gasteiger partial charge < -0.3 is 23.8 Å². The zero-order valence-electron chi connectivity index (χ0n) is 21.1. The number of fused-ring (bicyclic) bond motifs is 1. The number of benzene rings is 2. The van der Waals surface area contributed by atoms with Gasteiger partial charge in [-0.05, 0) is 55.0 Å². The van der Waals surface area contributed by atoms with Crippen LogP contribution in [0.4, 0.5) is 0 Å². The molecule has 4 rings (SSSR count). The van der Waals surface area contributed by atoms with Crippen LogP contribution in [-0.2, 0) is 17.6 Å². The molecule has 0 bridgehead atoms. The largest absolute Gasteiger partial charge is 0.494 e. The molecule has 0 saturated carbocycles. The molecule has 0 spiro atoms. The number of carbonyl (C=O) groups is 1. The topological polar surface area (TPSA) is 60.5 Å². The molecular formula is C27H34Cl2N2O5. The van der Waals surface area contributed by atoms with Crippen LogP contribution in [0, 0.1) is 5.92 Å². The lowest BCUT2D eigenvalue weighted by Gasteiger charge is -2.35. The third-order valence-corrected chi connectivity index (χ3v) is 7.55. The van der Waals surface area contributed by atoms with Crippen molar-refractivity contribution in [3.63, 3.8) is 0 Å². The molecule has 1 amide bonds. The molecule has 0 aliphatic carbocycles. The number of rotatable bonds is 9. The lowest BCUT2D eigenvalue weighted by Crippen LogP contribution is -2.44. The average molecular weight is 537 g/mol. The number of halogens is 2. The second-order valence-electron chi connectivity index (χ2n) is 9.32. The van der Waals surface area contributed by atoms with Crippen molar-refractivity contribution in [2.24, 2.45) is 5.92 Å². The molecule has 9 heteroatoms. The minimum Gasteiger partial charge on any atom is -0.494 e. The Morgan fingerprint density at radius 3 is 2.31 bits per heavy atom. The smallest absolute Gasteiger partial charge is 0.227 e. The van der Waals surface area contributed by atoms with E-state index in [2.05, 4.69) is 4.90 Å². The summed E-state index contributed by atoms with van der Waals surface area (Å²) in [6.45, 7) is 4.82. The van der Waals surface area contributed by atoms with E-state index in [4.69, 9.17) is 42.1 Å². The van der Waals surface area contributed by atoms with Crippen LogP contribution in [0.25, 0.3) is 0 Å². The third kappa shape index (κ3) is 6.31. The SMILES string of the molecule is COc1cc2c(cc1OC)CC(=O)N(CC1CCCN(CCOc3cc(Cl)c(OC)c(Cl)c3)C1)CC2. The number of piperidine rings is 1. The number of methoxy groups -OCH3 is 3. The molecule has 1 unspecified atom stereocenters. The van der Waals surface area contributed by atoms with Crippen molar-refractivity contribution in [3.8, 4) is 23.0 Å². The first-order chi connectivity index (χ1) is 17.4. The highest BCUT2D eigenvalue weighted by atomic mass is 35.5. The van der Waals surface area contributed by atoms with Crippen LogP contribution >= 0.6 is 23.2 Å². The summed E-state index contributed by atoms with van der Waals surface area (Å²) in [5.74, 6) is 3.08. The van der Waals surface area contributed by atoms with Crippen molar-refractivity contribution in [3.05, 3.63) is 45.4 Å². The first-order valence-electron chi connectivity index (χ1n) is 12.3. The number of hydrogen-bond acceptors (Lipinski definition) is 6. The van der Waals surface area contributed by atoms with E-state index in [0.717, 1.165) is 63.1 Å². The second kappa shape index (κ2) is 12.3. The van der Waals surface area contributed by atoms with Gasteiger partial charge in [0.05, 0.1) is 37.8 Å². The van der Waals surface area contributed by atoms with Crippen LogP contribution in [0.3, 0.4) is 0 Å². The van der Waals surface area contributed by atoms with Gasteiger partial charge in [-0.25, -0.2) is 0 Å². The highest BCUT2D eigenvalue weighted by Gasteiger charge is 2.27. The molecule has 2 aromatic rings. The van der Waals surface area contributed by atoms with Gasteiger partial charge in [-0.3, -0.25) is 9.69 Å². The molecule has 2 aromatic carbocycles. The number of amides is 1. The Labute approximate surface area is 223 Å². The highest BCUT2D eigenvalue weighted by molar-refractivity contribution is 6.37. The maximum Gasteiger partial charge on any atom is 0.227 e. The van der Waals surface area contributed by atoms with E-state index in [1.807, 2.05) is 17.0 Å². The second-order valence-corrected chi connectivity index (χ2v) is 10.1. The van der Waals surface area contributed by atoms with Gasteiger partial charge in [0.2, 0.25) is 5.91 Å². The minimum atomic E-state index is 0.176. The summed E-state index contributed by atoms with van der Waals surface area (Å²) < 4.78 is 22.0. The van der Waals surface area contributed by atoms with Crippen LogP contribution in [0.1, 0.15) is 24.0 Å². The maximum absolute atomic E-state index is 13.1. The van der Waals surface area contributed by atoms with Crippen LogP contribution in [0.15, 0.2) is 24.3 Å². The zero-order chi connectivity index (χ0) is 25.7. The van der Waals surface area contributed by atoms with Crippen LogP contribution in [0.5, 0.6) is 23.0 Å². The summed E-state index contributed by atoms with van der Waals surface area (Å²) in [6, 6.07) is 7.40. The first-order valence-corrected chi connectivity index (χ1v) is 13.1. The van der Waals surface area contributed by atoms with Gasteiger partial charge in [-0.1, -0.05) is 23.2 Å². The summed E-state index contributed by atoms with van der Waals surface area (Å²) in [5, 5.41) is 0.860. The summed E-state index contributed by atoms with van der Waals surface area (Å²) in [4.78, 5) is 17.5. The number of carbonyl (C=O) groups excluding carboxylic acids is 1. The molecule has 196 valence electrons. The fourth-order valence-corrected chi connectivity index (χ4v) is 5.75. The predicted octanol–water partition coefficient (Wildman–Crippen LogP) is 4.74. The van der Waals surface area contributed by atoms with Crippen molar-refractivity contribution in [1.29, 1.82) is 0 Å². The maximum atomic E-state index is 13.1. The summed E-state index contributed by atoms with van der Waals surface area (Å²) in [6.07, 6.45) is 3.45. The predicted molar refractivity (Wildman–Crippen MR) is 141 cm³/mol. The third-order valence-electron chi connectivity index (χ3n) is 6.99. The van der Waals surface area contributed by atoms with Crippen molar-refractivity contribution >= 4 is 29.1 Å². The Bertz CT molecular complexity index is 1060. The van der Waals surface area contributed by atoms with E-state index in [9.17, 15) is 4.79 Å². The summed E-state index contributed by atoms with van der Waals surface area (Å²) >= 11 is 12.4. The van der Waals surface area contributed by atoms with E-state index < -0.39 is 0 Å². The van der Waals surface area contributed by atoms with E-state index in [1.165, 1.54) is 7.11 Å². The zero-order valence-corrected chi connectivity index (χ0v) is 22.7. The van der Waals surface area contributed by atoms with Gasteiger partial charge in [-0.15, -0.1) is 0 Å². The van der Waals surface area contributed by atoms with Gasteiger partial charge in [0.15, 0.2) is 17.2 Å². The average Bonchev–Trinajstić information content (AvgIpc) is 3.01. The lowest BCUT2D eigenvalue weighted by atomic mass is 9.97. The first kappa shape index (κ1) is 26.7. The van der Waals surface area contributed by atoms with E-state index >= 15 is 0 Å². The molecule has 0 radical (unpaired) electrons. The molecule has 2 heterocycles. The molecule has 2 aliphatic heterocycles. The van der Waals surface area contributed by atoms with E-state index in [1.54, 1.807) is 26.4 Å². The quantitative estimate of drug-likeness (QED) is 0.461. The molecule has 2 aliphatic rings. The Morgan fingerprint density at radius 2 is 1.64 bits per heavy atom. The van der Waals surface area contributed by atoms with Crippen LogP contribution in [0.2, 0.25) is 10.0 Å². The molecular weight excluding hydrogens is 503 g/mol. The van der Waals surface area contributed by atoms with Gasteiger partial charge in [-0.2, -0.15) is 0 Å². The Balaban J connectivity index is 1.30. The number of ether oxygens (including phenoxy) is 4. The molecule has 0 aromatic heterocycles. The fraction of sp³-hybridized carbons (Fsp3) is 0.519. The molecule has 0 N–H and O–H groups in total. The van der Waals surface area contributed by atoms with Crippen molar-refractivity contribution in [2.75, 3.05) is 60.7 Å². The fourth-order valence-electron chi connectivity index (χ4n) is 5.13. The summed E-state index contributed by atoms with van der Waals surface area (Å²) in [5.41, 5.74) is 2.19. The van der Waals surface area contributed by atoms with Crippen LogP contribution in [-0.4, -0.2) is 76.4 Å². The lowest BCUT2D eigenvalue weighted by molar-refractivity contribution is -0.131. The van der Waals surface area contributed by atoms with Gasteiger partial charge in [0.25, 0.3) is 0 Å². The van der Waals surface area contributed by atoms with E-state index in [0.29, 0.717) is 52.0 Å². The summed E-state index contributed by atoms with van der Waals surface area (Å²) in [7, 11) is 4.79. The van der Waals surface area contributed by atoms with Crippen LogP contribution < -0.4 is 18.9 Å². The Morgan fingerprint density at radius 1 is 0.944 bits per heavy atom. The Kier molecular flexibility index (Phi) is 9.09. The van der Waals surface area contributed by atoms with Crippen molar-refractivity contribution < 1.29 is 23.7 Å². The van der Waals surface area contributed by atoms with Crippen molar-refractivity contribution in [2.45, 2.75) is 25.7 Å². The minimum absolute atomic E-state index is 0.176. The standard InChI is InChI=1S/C27H34Cl2N2O5/c1-33-24-11-19-6-8-31(26(32)13-20(19)12-25(24)34-2)17-18-5-4-7-30(16-18)9-10-36-21-14-22(28)27(35-3)23(29)15-21/h11-12,14-15,18H,4-10,13,16-17H2,1-3H3. The Hall–Kier alpha value is -2.35. The molecule has 36 heavy (non-hydrogen) atoms. The van der Waals surface area contributed by atoms with E-state index in [-0.39, 0.29) is 5.91 Å². The number of hydrogen-bond donors (Lipinski definition) is 0. The molecule has 7 nitrogen and oxygen atoms in total. The van der Waals surface area contributed by atoms with Gasteiger partial charge in [0.1, 0.15) is 12.4 Å². The number of nitrogens with zero attached hydrogens (tertiary/aromatic N) is 2. The van der Waals surface area contributed by atoms with Gasteiger partial charge >= 0.3 is 0 Å². The van der Waals surface area contributed by atoms with Crippen molar-refractivity contribution in [1.82, 2.24) is 9.80 Å². The molecule has 1 saturated heterocycles.